The van der Waals surface area contributed by atoms with Crippen LogP contribution in [0.1, 0.15) is 58.1 Å². The minimum absolute atomic E-state index is 0.0328. The first-order chi connectivity index (χ1) is 12.0. The highest BCUT2D eigenvalue weighted by Gasteiger charge is 2.31. The zero-order chi connectivity index (χ0) is 18.0. The molecule has 1 N–H and O–H groups in total. The predicted octanol–water partition coefficient (Wildman–Crippen LogP) is 2.77. The second kappa shape index (κ2) is 7.31. The Morgan fingerprint density at radius 2 is 2.20 bits per heavy atom. The number of rotatable bonds is 4. The fraction of sp³-hybridized carbons (Fsp3) is 0.444. The molecular weight excluding hydrogens is 336 g/mol. The number of nitrogens with one attached hydrogen (secondary N) is 1. The van der Waals surface area contributed by atoms with Crippen LogP contribution in [0.5, 0.6) is 0 Å². The van der Waals surface area contributed by atoms with Gasteiger partial charge >= 0.3 is 0 Å². The van der Waals surface area contributed by atoms with Gasteiger partial charge in [0.05, 0.1) is 16.6 Å². The summed E-state index contributed by atoms with van der Waals surface area (Å²) in [7, 11) is 0. The summed E-state index contributed by atoms with van der Waals surface area (Å²) in [6.07, 6.45) is 3.62. The van der Waals surface area contributed by atoms with Gasteiger partial charge in [-0.3, -0.25) is 9.59 Å². The third-order valence-electron chi connectivity index (χ3n) is 4.50. The number of hydrogen-bond acceptors (Lipinski definition) is 5. The van der Waals surface area contributed by atoms with Crippen LogP contribution in [0.3, 0.4) is 0 Å². The predicted molar refractivity (Wildman–Crippen MR) is 96.4 cm³/mol. The van der Waals surface area contributed by atoms with Gasteiger partial charge < -0.3 is 10.2 Å². The summed E-state index contributed by atoms with van der Waals surface area (Å²) < 4.78 is 0. The number of likely N-dealkylation sites (tertiary alicyclic amines) is 1. The molecule has 7 heteroatoms. The van der Waals surface area contributed by atoms with Gasteiger partial charge in [-0.05, 0) is 43.7 Å². The summed E-state index contributed by atoms with van der Waals surface area (Å²) in [6, 6.07) is 1.90. The van der Waals surface area contributed by atoms with Gasteiger partial charge in [-0.25, -0.2) is 9.97 Å². The van der Waals surface area contributed by atoms with Crippen molar-refractivity contribution < 1.29 is 9.59 Å². The van der Waals surface area contributed by atoms with Crippen molar-refractivity contribution in [2.75, 3.05) is 6.54 Å². The van der Waals surface area contributed by atoms with Crippen molar-refractivity contribution in [1.82, 2.24) is 20.2 Å². The van der Waals surface area contributed by atoms with E-state index in [1.54, 1.807) is 13.1 Å². The van der Waals surface area contributed by atoms with Crippen LogP contribution < -0.4 is 5.32 Å². The van der Waals surface area contributed by atoms with Crippen molar-refractivity contribution >= 4 is 23.2 Å². The molecule has 25 heavy (non-hydrogen) atoms. The Morgan fingerprint density at radius 1 is 1.40 bits per heavy atom. The summed E-state index contributed by atoms with van der Waals surface area (Å²) in [4.78, 5) is 35.7. The minimum atomic E-state index is -0.0890. The van der Waals surface area contributed by atoms with Crippen LogP contribution in [0, 0.1) is 13.8 Å². The molecule has 1 fully saturated rings. The van der Waals surface area contributed by atoms with E-state index >= 15 is 0 Å². The first-order valence-electron chi connectivity index (χ1n) is 8.39. The summed E-state index contributed by atoms with van der Waals surface area (Å²) in [5.74, 6) is 0.645. The number of aryl methyl sites for hydroxylation is 2. The third kappa shape index (κ3) is 3.71. The number of carbonyl (C=O) groups is 2. The zero-order valence-corrected chi connectivity index (χ0v) is 15.5. The topological polar surface area (TPSA) is 75.2 Å². The normalized spacial score (nSPS) is 16.9. The highest BCUT2D eigenvalue weighted by Crippen LogP contribution is 2.32. The Balaban J connectivity index is 1.81. The molecule has 1 aliphatic heterocycles. The Labute approximate surface area is 151 Å². The lowest BCUT2D eigenvalue weighted by atomic mass is 10.1. The fourth-order valence-electron chi connectivity index (χ4n) is 3.23. The molecule has 1 unspecified atom stereocenters. The van der Waals surface area contributed by atoms with Crippen molar-refractivity contribution in [3.05, 3.63) is 45.2 Å². The lowest BCUT2D eigenvalue weighted by Gasteiger charge is -2.25. The molecule has 0 bridgehead atoms. The van der Waals surface area contributed by atoms with Crippen molar-refractivity contribution in [1.29, 1.82) is 0 Å². The van der Waals surface area contributed by atoms with Crippen LogP contribution in [0.15, 0.2) is 17.6 Å². The van der Waals surface area contributed by atoms with Gasteiger partial charge in [0, 0.05) is 31.8 Å². The summed E-state index contributed by atoms with van der Waals surface area (Å²) in [5.41, 5.74) is 2.69. The van der Waals surface area contributed by atoms with E-state index in [1.165, 1.54) is 11.3 Å². The molecule has 3 rings (SSSR count). The summed E-state index contributed by atoms with van der Waals surface area (Å²) in [6.45, 7) is 6.47. The van der Waals surface area contributed by atoms with Crippen LogP contribution in [-0.4, -0.2) is 33.2 Å². The van der Waals surface area contributed by atoms with Gasteiger partial charge in [0.1, 0.15) is 5.82 Å². The molecule has 0 saturated carbocycles. The van der Waals surface area contributed by atoms with Crippen LogP contribution in [0.4, 0.5) is 0 Å². The number of nitrogens with zero attached hydrogens (tertiary/aromatic N) is 3. The highest BCUT2D eigenvalue weighted by molar-refractivity contribution is 7.12. The summed E-state index contributed by atoms with van der Waals surface area (Å²) >= 11 is 1.43. The number of amides is 2. The van der Waals surface area contributed by atoms with E-state index in [1.807, 2.05) is 30.2 Å². The third-order valence-corrected chi connectivity index (χ3v) is 5.51. The number of carbonyl (C=O) groups excluding carboxylic acids is 2. The van der Waals surface area contributed by atoms with Crippen LogP contribution >= 0.6 is 11.3 Å². The van der Waals surface area contributed by atoms with Gasteiger partial charge in [-0.2, -0.15) is 0 Å². The van der Waals surface area contributed by atoms with Crippen LogP contribution in [0.25, 0.3) is 0 Å². The Morgan fingerprint density at radius 3 is 2.88 bits per heavy atom. The van der Waals surface area contributed by atoms with E-state index in [-0.39, 0.29) is 17.9 Å². The molecule has 2 aromatic heterocycles. The van der Waals surface area contributed by atoms with Crippen LogP contribution in [0.2, 0.25) is 0 Å². The number of thiophene rings is 1. The maximum Gasteiger partial charge on any atom is 0.261 e. The molecular formula is C18H22N4O2S. The molecule has 0 aliphatic carbocycles. The lowest BCUT2D eigenvalue weighted by molar-refractivity contribution is -0.129. The first kappa shape index (κ1) is 17.5. The van der Waals surface area contributed by atoms with Crippen molar-refractivity contribution in [2.45, 2.75) is 46.2 Å². The van der Waals surface area contributed by atoms with Crippen molar-refractivity contribution in [2.24, 2.45) is 0 Å². The average molecular weight is 358 g/mol. The number of aromatic nitrogens is 2. The summed E-state index contributed by atoms with van der Waals surface area (Å²) in [5, 5.41) is 4.87. The molecule has 0 spiro atoms. The maximum atomic E-state index is 12.4. The Kier molecular flexibility index (Phi) is 5.13. The average Bonchev–Trinajstić information content (AvgIpc) is 3.22. The Bertz CT molecular complexity index is 802. The van der Waals surface area contributed by atoms with Crippen molar-refractivity contribution in [3.63, 3.8) is 0 Å². The van der Waals surface area contributed by atoms with E-state index in [9.17, 15) is 9.59 Å². The SMILES string of the molecule is CC(=O)N1CCCC1c1nc(C)ncc1CNC(=O)c1sccc1C. The molecule has 2 amide bonds. The molecule has 1 aliphatic rings. The maximum absolute atomic E-state index is 12.4. The van der Waals surface area contributed by atoms with E-state index < -0.39 is 0 Å². The quantitative estimate of drug-likeness (QED) is 0.912. The lowest BCUT2D eigenvalue weighted by Crippen LogP contribution is -2.30. The monoisotopic (exact) mass is 358 g/mol. The van der Waals surface area contributed by atoms with E-state index in [2.05, 4.69) is 15.3 Å². The zero-order valence-electron chi connectivity index (χ0n) is 14.7. The van der Waals surface area contributed by atoms with E-state index in [0.29, 0.717) is 12.4 Å². The molecule has 1 saturated heterocycles. The first-order valence-corrected chi connectivity index (χ1v) is 9.27. The molecule has 132 valence electrons. The fourth-order valence-corrected chi connectivity index (χ4v) is 4.07. The van der Waals surface area contributed by atoms with Crippen LogP contribution in [-0.2, 0) is 11.3 Å². The van der Waals surface area contributed by atoms with E-state index in [4.69, 9.17) is 0 Å². The van der Waals surface area contributed by atoms with Crippen molar-refractivity contribution in [3.8, 4) is 0 Å². The molecule has 2 aromatic rings. The molecule has 6 nitrogen and oxygen atoms in total. The molecule has 0 radical (unpaired) electrons. The standard InChI is InChI=1S/C18H22N4O2S/c1-11-6-8-25-17(11)18(24)20-10-14-9-19-12(2)21-16(14)15-5-4-7-22(15)13(3)23/h6,8-9,15H,4-5,7,10H2,1-3H3,(H,20,24). The second-order valence-electron chi connectivity index (χ2n) is 6.31. The van der Waals surface area contributed by atoms with Gasteiger partial charge in [0.2, 0.25) is 5.91 Å². The van der Waals surface area contributed by atoms with Gasteiger partial charge in [0.15, 0.2) is 0 Å². The molecule has 3 heterocycles. The molecule has 1 atom stereocenters. The molecule has 0 aromatic carbocycles. The smallest absolute Gasteiger partial charge is 0.261 e. The van der Waals surface area contributed by atoms with Gasteiger partial charge in [-0.15, -0.1) is 11.3 Å². The minimum Gasteiger partial charge on any atom is -0.347 e. The van der Waals surface area contributed by atoms with Gasteiger partial charge in [0.25, 0.3) is 5.91 Å². The highest BCUT2D eigenvalue weighted by atomic mass is 32.1. The van der Waals surface area contributed by atoms with E-state index in [0.717, 1.165) is 41.1 Å². The Hall–Kier alpha value is -2.28. The largest absolute Gasteiger partial charge is 0.347 e. The van der Waals surface area contributed by atoms with Gasteiger partial charge in [-0.1, -0.05) is 0 Å². The number of hydrogen-bond donors (Lipinski definition) is 1. The second-order valence-corrected chi connectivity index (χ2v) is 7.23.